The predicted octanol–water partition coefficient (Wildman–Crippen LogP) is 4.88. The molecule has 0 fully saturated rings. The molecule has 2 aromatic carbocycles. The van der Waals surface area contributed by atoms with E-state index in [0.29, 0.717) is 35.4 Å². The van der Waals surface area contributed by atoms with Crippen LogP contribution in [0.2, 0.25) is 10.0 Å². The van der Waals surface area contributed by atoms with Crippen LogP contribution < -0.4 is 9.86 Å². The third kappa shape index (κ3) is 4.24. The molecule has 5 rings (SSSR count). The molecule has 1 aliphatic rings. The Hall–Kier alpha value is -3.14. The maximum Gasteiger partial charge on any atom is 0.296 e. The summed E-state index contributed by atoms with van der Waals surface area (Å²) in [5, 5.41) is 5.12. The van der Waals surface area contributed by atoms with Crippen LogP contribution in [-0.4, -0.2) is 36.0 Å². The molecule has 2 aromatic heterocycles. The molecule has 4 aromatic rings. The average Bonchev–Trinajstić information content (AvgIpc) is 3.34. The van der Waals surface area contributed by atoms with Gasteiger partial charge in [0.1, 0.15) is 11.4 Å². The summed E-state index contributed by atoms with van der Waals surface area (Å²) in [5.74, 6) is 0.573. The second kappa shape index (κ2) is 8.82. The Labute approximate surface area is 211 Å². The molecule has 3 heterocycles. The van der Waals surface area contributed by atoms with Gasteiger partial charge in [-0.15, -0.1) is 0 Å². The molecule has 0 atom stereocenters. The van der Waals surface area contributed by atoms with E-state index in [-0.39, 0.29) is 28.0 Å². The normalized spacial score (nSPS) is 13.7. The lowest BCUT2D eigenvalue weighted by molar-refractivity contribution is 0.572. The van der Waals surface area contributed by atoms with Crippen molar-refractivity contribution in [2.45, 2.75) is 19.8 Å². The summed E-state index contributed by atoms with van der Waals surface area (Å²) < 4.78 is 33.1. The molecular weight excluding hydrogens is 511 g/mol. The van der Waals surface area contributed by atoms with Crippen molar-refractivity contribution in [2.24, 2.45) is 0 Å². The Bertz CT molecular complexity index is 1600. The lowest BCUT2D eigenvalue weighted by Crippen LogP contribution is -2.41. The molecule has 0 aliphatic carbocycles. The SMILES string of the molecule is Cc1cc(-c2cnco2)cc(-c2nn(-c3c(Cl)cccc3Cl)c(=O)c3c2CCCN3S(C)(=O)=O)c1. The highest BCUT2D eigenvalue weighted by molar-refractivity contribution is 7.92. The van der Waals surface area contributed by atoms with Crippen LogP contribution in [0.4, 0.5) is 5.69 Å². The van der Waals surface area contributed by atoms with Crippen molar-refractivity contribution in [3.8, 4) is 28.3 Å². The molecule has 0 bridgehead atoms. The fraction of sp³-hybridized carbons (Fsp3) is 0.208. The molecule has 8 nitrogen and oxygen atoms in total. The van der Waals surface area contributed by atoms with Crippen molar-refractivity contribution in [3.63, 3.8) is 0 Å². The standard InChI is InChI=1S/C24H20Cl2N4O4S/c1-14-9-15(20-12-27-13-34-20)11-16(10-14)21-17-5-4-8-29(35(2,32)33)22(17)24(31)30(28-21)23-18(25)6-3-7-19(23)26/h3,6-7,9-13H,4-5,8H2,1-2H3. The summed E-state index contributed by atoms with van der Waals surface area (Å²) in [4.78, 5) is 17.7. The number of para-hydroxylation sites is 1. The monoisotopic (exact) mass is 530 g/mol. The van der Waals surface area contributed by atoms with Crippen LogP contribution in [0.5, 0.6) is 0 Å². The topological polar surface area (TPSA) is 98.3 Å². The molecule has 1 aliphatic heterocycles. The third-order valence-electron chi connectivity index (χ3n) is 5.82. The molecule has 0 spiro atoms. The van der Waals surface area contributed by atoms with Gasteiger partial charge in [-0.3, -0.25) is 9.10 Å². The molecule has 180 valence electrons. The van der Waals surface area contributed by atoms with Gasteiger partial charge in [0.25, 0.3) is 5.56 Å². The van der Waals surface area contributed by atoms with Crippen LogP contribution in [0.15, 0.2) is 58.2 Å². The third-order valence-corrected chi connectivity index (χ3v) is 7.60. The van der Waals surface area contributed by atoms with E-state index in [1.54, 1.807) is 24.4 Å². The van der Waals surface area contributed by atoms with Gasteiger partial charge in [-0.2, -0.15) is 9.78 Å². The number of benzene rings is 2. The van der Waals surface area contributed by atoms with Crippen molar-refractivity contribution in [1.82, 2.24) is 14.8 Å². The first-order valence-corrected chi connectivity index (χ1v) is 13.3. The Morgan fingerprint density at radius 2 is 1.77 bits per heavy atom. The molecule has 11 heteroatoms. The molecule has 0 saturated carbocycles. The minimum atomic E-state index is -3.73. The number of hydrogen-bond donors (Lipinski definition) is 0. The van der Waals surface area contributed by atoms with E-state index in [1.807, 2.05) is 25.1 Å². The van der Waals surface area contributed by atoms with Gasteiger partial charge in [0.05, 0.1) is 28.2 Å². The van der Waals surface area contributed by atoms with Crippen LogP contribution in [0.25, 0.3) is 28.3 Å². The van der Waals surface area contributed by atoms with Gasteiger partial charge in [-0.1, -0.05) is 29.3 Å². The second-order valence-corrected chi connectivity index (χ2v) is 11.1. The molecular formula is C24H20Cl2N4O4S. The highest BCUT2D eigenvalue weighted by Gasteiger charge is 2.32. The number of anilines is 1. The molecule has 0 N–H and O–H groups in total. The first-order chi connectivity index (χ1) is 16.6. The van der Waals surface area contributed by atoms with Gasteiger partial charge in [-0.05, 0) is 55.7 Å². The van der Waals surface area contributed by atoms with E-state index in [2.05, 4.69) is 4.98 Å². The minimum Gasteiger partial charge on any atom is -0.444 e. The second-order valence-electron chi connectivity index (χ2n) is 8.36. The van der Waals surface area contributed by atoms with Gasteiger partial charge in [0.2, 0.25) is 10.0 Å². The summed E-state index contributed by atoms with van der Waals surface area (Å²) in [7, 11) is -3.73. The van der Waals surface area contributed by atoms with Crippen molar-refractivity contribution in [1.29, 1.82) is 0 Å². The maximum absolute atomic E-state index is 13.7. The van der Waals surface area contributed by atoms with E-state index < -0.39 is 15.6 Å². The fourth-order valence-corrected chi connectivity index (χ4v) is 5.92. The summed E-state index contributed by atoms with van der Waals surface area (Å²) in [6.45, 7) is 2.12. The summed E-state index contributed by atoms with van der Waals surface area (Å²) in [6, 6.07) is 10.6. The van der Waals surface area contributed by atoms with E-state index in [4.69, 9.17) is 32.7 Å². The first-order valence-electron chi connectivity index (χ1n) is 10.7. The number of fused-ring (bicyclic) bond motifs is 1. The Kier molecular flexibility index (Phi) is 5.94. The lowest BCUT2D eigenvalue weighted by atomic mass is 9.96. The van der Waals surface area contributed by atoms with Crippen molar-refractivity contribution in [2.75, 3.05) is 17.1 Å². The van der Waals surface area contributed by atoms with E-state index in [0.717, 1.165) is 26.4 Å². The Balaban J connectivity index is 1.87. The Morgan fingerprint density at radius 1 is 1.06 bits per heavy atom. The number of nitrogens with zero attached hydrogens (tertiary/aromatic N) is 4. The Morgan fingerprint density at radius 3 is 2.43 bits per heavy atom. The van der Waals surface area contributed by atoms with Gasteiger partial charge >= 0.3 is 0 Å². The van der Waals surface area contributed by atoms with Crippen molar-refractivity contribution < 1.29 is 12.8 Å². The number of aryl methyl sites for hydroxylation is 1. The van der Waals surface area contributed by atoms with Crippen molar-refractivity contribution >= 4 is 38.9 Å². The highest BCUT2D eigenvalue weighted by Crippen LogP contribution is 2.36. The maximum atomic E-state index is 13.7. The van der Waals surface area contributed by atoms with Crippen LogP contribution in [-0.2, 0) is 16.4 Å². The van der Waals surface area contributed by atoms with Crippen LogP contribution >= 0.6 is 23.2 Å². The van der Waals surface area contributed by atoms with Gasteiger partial charge in [0.15, 0.2) is 12.2 Å². The molecule has 0 saturated heterocycles. The summed E-state index contributed by atoms with van der Waals surface area (Å²) >= 11 is 12.9. The number of halogens is 2. The average molecular weight is 531 g/mol. The predicted molar refractivity (Wildman–Crippen MR) is 136 cm³/mol. The molecule has 35 heavy (non-hydrogen) atoms. The first kappa shape index (κ1) is 23.6. The summed E-state index contributed by atoms with van der Waals surface area (Å²) in [5.41, 5.74) is 3.06. The van der Waals surface area contributed by atoms with Gasteiger partial charge < -0.3 is 4.42 Å². The number of sulfonamides is 1. The molecule has 0 radical (unpaired) electrons. The van der Waals surface area contributed by atoms with Gasteiger partial charge in [-0.25, -0.2) is 13.4 Å². The van der Waals surface area contributed by atoms with Crippen LogP contribution in [0.1, 0.15) is 17.5 Å². The highest BCUT2D eigenvalue weighted by atomic mass is 35.5. The van der Waals surface area contributed by atoms with Crippen LogP contribution in [0.3, 0.4) is 0 Å². The van der Waals surface area contributed by atoms with E-state index in [9.17, 15) is 13.2 Å². The number of oxazole rings is 1. The quantitative estimate of drug-likeness (QED) is 0.372. The van der Waals surface area contributed by atoms with E-state index in [1.165, 1.54) is 6.39 Å². The lowest BCUT2D eigenvalue weighted by Gasteiger charge is -2.30. The van der Waals surface area contributed by atoms with Crippen LogP contribution in [0, 0.1) is 6.92 Å². The number of rotatable bonds is 4. The van der Waals surface area contributed by atoms with E-state index >= 15 is 0 Å². The van der Waals surface area contributed by atoms with Gasteiger partial charge in [0, 0.05) is 23.2 Å². The molecule has 0 unspecified atom stereocenters. The molecule has 0 amide bonds. The minimum absolute atomic E-state index is 0.0578. The summed E-state index contributed by atoms with van der Waals surface area (Å²) in [6.07, 6.45) is 5.08. The smallest absolute Gasteiger partial charge is 0.296 e. The van der Waals surface area contributed by atoms with Crippen molar-refractivity contribution in [3.05, 3.63) is 80.5 Å². The number of hydrogen-bond acceptors (Lipinski definition) is 6. The fourth-order valence-electron chi connectivity index (χ4n) is 4.38. The zero-order chi connectivity index (χ0) is 24.9. The zero-order valence-electron chi connectivity index (χ0n) is 18.8. The number of aromatic nitrogens is 3. The largest absolute Gasteiger partial charge is 0.444 e. The zero-order valence-corrected chi connectivity index (χ0v) is 21.2.